The molecule has 0 atom stereocenters. The van der Waals surface area contributed by atoms with E-state index in [-0.39, 0.29) is 11.6 Å². The standard InChI is InChI=1S/C18H15ClN4O/c1-12-6-8-13(9-7-12)22-17-11-20-16(10-21-17)18(24)23-15-5-3-2-4-14(15)19/h2-11H,1H3,(H,21,22)(H,23,24). The van der Waals surface area contributed by atoms with Gasteiger partial charge in [-0.1, -0.05) is 41.4 Å². The minimum Gasteiger partial charge on any atom is -0.339 e. The lowest BCUT2D eigenvalue weighted by Crippen LogP contribution is -2.14. The molecule has 2 aromatic carbocycles. The lowest BCUT2D eigenvalue weighted by atomic mass is 10.2. The van der Waals surface area contributed by atoms with Gasteiger partial charge in [0.25, 0.3) is 5.91 Å². The highest BCUT2D eigenvalue weighted by atomic mass is 35.5. The van der Waals surface area contributed by atoms with Gasteiger partial charge in [-0.15, -0.1) is 0 Å². The summed E-state index contributed by atoms with van der Waals surface area (Å²) >= 11 is 6.02. The molecule has 24 heavy (non-hydrogen) atoms. The van der Waals surface area contributed by atoms with Gasteiger partial charge in [0.1, 0.15) is 11.5 Å². The van der Waals surface area contributed by atoms with E-state index < -0.39 is 0 Å². The van der Waals surface area contributed by atoms with Gasteiger partial charge in [-0.3, -0.25) is 4.79 Å². The molecule has 0 saturated heterocycles. The largest absolute Gasteiger partial charge is 0.339 e. The van der Waals surface area contributed by atoms with Gasteiger partial charge in [0, 0.05) is 5.69 Å². The summed E-state index contributed by atoms with van der Waals surface area (Å²) in [5.74, 6) is 0.200. The zero-order valence-corrected chi connectivity index (χ0v) is 13.7. The number of aromatic nitrogens is 2. The molecular formula is C18H15ClN4O. The summed E-state index contributed by atoms with van der Waals surface area (Å²) in [4.78, 5) is 20.5. The SMILES string of the molecule is Cc1ccc(Nc2cnc(C(=O)Nc3ccccc3Cl)cn2)cc1. The molecule has 3 aromatic rings. The van der Waals surface area contributed by atoms with E-state index in [9.17, 15) is 4.79 Å². The minimum absolute atomic E-state index is 0.212. The average Bonchev–Trinajstić information content (AvgIpc) is 2.59. The van der Waals surface area contributed by atoms with Crippen LogP contribution in [-0.4, -0.2) is 15.9 Å². The molecule has 0 aliphatic heterocycles. The Morgan fingerprint density at radius 1 is 1.00 bits per heavy atom. The molecular weight excluding hydrogens is 324 g/mol. The van der Waals surface area contributed by atoms with E-state index in [4.69, 9.17) is 11.6 Å². The van der Waals surface area contributed by atoms with E-state index in [1.54, 1.807) is 24.3 Å². The Morgan fingerprint density at radius 2 is 1.75 bits per heavy atom. The summed E-state index contributed by atoms with van der Waals surface area (Å²) in [6, 6.07) is 14.9. The fourth-order valence-corrected chi connectivity index (χ4v) is 2.23. The van der Waals surface area contributed by atoms with Crippen LogP contribution in [0.5, 0.6) is 0 Å². The maximum atomic E-state index is 12.2. The van der Waals surface area contributed by atoms with Gasteiger partial charge in [-0.05, 0) is 31.2 Å². The summed E-state index contributed by atoms with van der Waals surface area (Å²) in [5, 5.41) is 6.31. The first-order valence-electron chi connectivity index (χ1n) is 7.33. The highest BCUT2D eigenvalue weighted by Gasteiger charge is 2.10. The van der Waals surface area contributed by atoms with Crippen molar-refractivity contribution in [1.82, 2.24) is 9.97 Å². The van der Waals surface area contributed by atoms with Crippen LogP contribution in [0.25, 0.3) is 0 Å². The monoisotopic (exact) mass is 338 g/mol. The van der Waals surface area contributed by atoms with Crippen molar-refractivity contribution in [2.45, 2.75) is 6.92 Å². The van der Waals surface area contributed by atoms with E-state index in [0.29, 0.717) is 16.5 Å². The molecule has 0 spiro atoms. The fraction of sp³-hybridized carbons (Fsp3) is 0.0556. The molecule has 3 rings (SSSR count). The van der Waals surface area contributed by atoms with Gasteiger partial charge < -0.3 is 10.6 Å². The Bertz CT molecular complexity index is 848. The maximum Gasteiger partial charge on any atom is 0.275 e. The molecule has 120 valence electrons. The van der Waals surface area contributed by atoms with Gasteiger partial charge in [-0.2, -0.15) is 0 Å². The Morgan fingerprint density at radius 3 is 2.42 bits per heavy atom. The summed E-state index contributed by atoms with van der Waals surface area (Å²) in [5.41, 5.74) is 2.83. The van der Waals surface area contributed by atoms with Crippen molar-refractivity contribution in [1.29, 1.82) is 0 Å². The molecule has 5 nitrogen and oxygen atoms in total. The van der Waals surface area contributed by atoms with Gasteiger partial charge >= 0.3 is 0 Å². The zero-order chi connectivity index (χ0) is 16.9. The molecule has 1 heterocycles. The second-order valence-corrected chi connectivity index (χ2v) is 5.62. The van der Waals surface area contributed by atoms with Crippen molar-refractivity contribution in [3.05, 3.63) is 77.2 Å². The van der Waals surface area contributed by atoms with Crippen LogP contribution in [0.1, 0.15) is 16.1 Å². The molecule has 0 radical (unpaired) electrons. The molecule has 6 heteroatoms. The number of carbonyl (C=O) groups is 1. The summed E-state index contributed by atoms with van der Waals surface area (Å²) in [6.07, 6.45) is 2.93. The van der Waals surface area contributed by atoms with Crippen LogP contribution in [0.4, 0.5) is 17.2 Å². The van der Waals surface area contributed by atoms with Crippen molar-refractivity contribution < 1.29 is 4.79 Å². The number of nitrogens with one attached hydrogen (secondary N) is 2. The quantitative estimate of drug-likeness (QED) is 0.738. The molecule has 0 aliphatic rings. The van der Waals surface area contributed by atoms with Crippen molar-refractivity contribution in [3.8, 4) is 0 Å². The van der Waals surface area contributed by atoms with Crippen LogP contribution >= 0.6 is 11.6 Å². The molecule has 2 N–H and O–H groups in total. The number of hydrogen-bond donors (Lipinski definition) is 2. The van der Waals surface area contributed by atoms with Gasteiger partial charge in [0.05, 0.1) is 23.1 Å². The van der Waals surface area contributed by atoms with Crippen LogP contribution < -0.4 is 10.6 Å². The summed E-state index contributed by atoms with van der Waals surface area (Å²) < 4.78 is 0. The third-order valence-electron chi connectivity index (χ3n) is 3.33. The maximum absolute atomic E-state index is 12.2. The van der Waals surface area contributed by atoms with Crippen molar-refractivity contribution in [2.24, 2.45) is 0 Å². The number of rotatable bonds is 4. The molecule has 1 amide bonds. The van der Waals surface area contributed by atoms with Crippen LogP contribution in [0.15, 0.2) is 60.9 Å². The number of halogens is 1. The van der Waals surface area contributed by atoms with E-state index in [0.717, 1.165) is 5.69 Å². The number of para-hydroxylation sites is 1. The number of hydrogen-bond acceptors (Lipinski definition) is 4. The van der Waals surface area contributed by atoms with Crippen molar-refractivity contribution in [2.75, 3.05) is 10.6 Å². The predicted octanol–water partition coefficient (Wildman–Crippen LogP) is 4.43. The molecule has 0 saturated carbocycles. The van der Waals surface area contributed by atoms with Gasteiger partial charge in [0.15, 0.2) is 0 Å². The highest BCUT2D eigenvalue weighted by Crippen LogP contribution is 2.21. The third-order valence-corrected chi connectivity index (χ3v) is 3.66. The first kappa shape index (κ1) is 16.0. The second-order valence-electron chi connectivity index (χ2n) is 5.21. The molecule has 0 unspecified atom stereocenters. The van der Waals surface area contributed by atoms with Gasteiger partial charge in [-0.25, -0.2) is 9.97 Å². The molecule has 0 bridgehead atoms. The summed E-state index contributed by atoms with van der Waals surface area (Å²) in [6.45, 7) is 2.02. The highest BCUT2D eigenvalue weighted by molar-refractivity contribution is 6.33. The Balaban J connectivity index is 1.68. The minimum atomic E-state index is -0.363. The topological polar surface area (TPSA) is 66.9 Å². The smallest absolute Gasteiger partial charge is 0.275 e. The Labute approximate surface area is 144 Å². The lowest BCUT2D eigenvalue weighted by molar-refractivity contribution is 0.102. The first-order chi connectivity index (χ1) is 11.6. The zero-order valence-electron chi connectivity index (χ0n) is 13.0. The Kier molecular flexibility index (Phi) is 4.72. The average molecular weight is 339 g/mol. The van der Waals surface area contributed by atoms with E-state index >= 15 is 0 Å². The first-order valence-corrected chi connectivity index (χ1v) is 7.71. The number of amides is 1. The number of carbonyl (C=O) groups excluding carboxylic acids is 1. The number of benzene rings is 2. The third kappa shape index (κ3) is 3.88. The number of nitrogens with zero attached hydrogens (tertiary/aromatic N) is 2. The fourth-order valence-electron chi connectivity index (χ4n) is 2.04. The van der Waals surface area contributed by atoms with Crippen molar-refractivity contribution in [3.63, 3.8) is 0 Å². The van der Waals surface area contributed by atoms with Crippen LogP contribution in [0.3, 0.4) is 0 Å². The normalized spacial score (nSPS) is 10.2. The molecule has 0 aliphatic carbocycles. The van der Waals surface area contributed by atoms with E-state index in [1.807, 2.05) is 31.2 Å². The van der Waals surface area contributed by atoms with E-state index in [1.165, 1.54) is 18.0 Å². The van der Waals surface area contributed by atoms with Crippen LogP contribution in [0, 0.1) is 6.92 Å². The van der Waals surface area contributed by atoms with Crippen LogP contribution in [0.2, 0.25) is 5.02 Å². The van der Waals surface area contributed by atoms with Crippen LogP contribution in [-0.2, 0) is 0 Å². The van der Waals surface area contributed by atoms with E-state index in [2.05, 4.69) is 20.6 Å². The molecule has 0 fully saturated rings. The lowest BCUT2D eigenvalue weighted by Gasteiger charge is -2.08. The second kappa shape index (κ2) is 7.10. The Hall–Kier alpha value is -2.92. The number of anilines is 3. The van der Waals surface area contributed by atoms with Crippen molar-refractivity contribution >= 4 is 34.7 Å². The molecule has 1 aromatic heterocycles. The van der Waals surface area contributed by atoms with Gasteiger partial charge in [0.2, 0.25) is 0 Å². The number of aryl methyl sites for hydroxylation is 1. The predicted molar refractivity (Wildman–Crippen MR) is 95.9 cm³/mol. The summed E-state index contributed by atoms with van der Waals surface area (Å²) in [7, 11) is 0.